The largest absolute Gasteiger partial charge is 0.506 e. The highest BCUT2D eigenvalue weighted by atomic mass is 16.6. The number of nitrogens with zero attached hydrogens (tertiary/aromatic N) is 1. The van der Waals surface area contributed by atoms with Crippen LogP contribution in [0.1, 0.15) is 47.9 Å². The number of amides is 2. The molecule has 1 aromatic heterocycles. The van der Waals surface area contributed by atoms with Gasteiger partial charge < -0.3 is 35.5 Å². The lowest BCUT2D eigenvalue weighted by Crippen LogP contribution is -2.37. The zero-order valence-electron chi connectivity index (χ0n) is 29.1. The number of fused-ring (bicyclic) bond motifs is 1. The zero-order chi connectivity index (χ0) is 36.4. The van der Waals surface area contributed by atoms with E-state index >= 15 is 0 Å². The summed E-state index contributed by atoms with van der Waals surface area (Å²) in [6.07, 6.45) is -0.780. The smallest absolute Gasteiger partial charge is 0.412 e. The van der Waals surface area contributed by atoms with Gasteiger partial charge in [0.1, 0.15) is 11.4 Å². The van der Waals surface area contributed by atoms with Gasteiger partial charge in [-0.3, -0.25) is 14.9 Å². The number of rotatable bonds is 15. The molecule has 11 heteroatoms. The van der Waals surface area contributed by atoms with E-state index in [-0.39, 0.29) is 29.3 Å². The number of nitrogens with one attached hydrogen (secondary N) is 4. The van der Waals surface area contributed by atoms with Gasteiger partial charge in [0.2, 0.25) is 5.56 Å². The van der Waals surface area contributed by atoms with Crippen molar-refractivity contribution in [3.05, 3.63) is 130 Å². The average molecular weight is 692 g/mol. The van der Waals surface area contributed by atoms with Crippen LogP contribution in [0.15, 0.2) is 108 Å². The molecular formula is C40H45N5O6. The first-order valence-corrected chi connectivity index (χ1v) is 16.9. The number of H-pyrrole nitrogens is 1. The van der Waals surface area contributed by atoms with Gasteiger partial charge in [0, 0.05) is 55.3 Å². The number of anilines is 1. The van der Waals surface area contributed by atoms with Crippen molar-refractivity contribution in [3.8, 4) is 16.9 Å². The number of ether oxygens (including phenoxy) is 1. The Morgan fingerprint density at radius 2 is 1.63 bits per heavy atom. The van der Waals surface area contributed by atoms with Crippen molar-refractivity contribution in [1.82, 2.24) is 20.5 Å². The van der Waals surface area contributed by atoms with Crippen LogP contribution < -0.4 is 21.5 Å². The summed E-state index contributed by atoms with van der Waals surface area (Å²) in [5, 5.41) is 30.5. The van der Waals surface area contributed by atoms with Gasteiger partial charge in [0.15, 0.2) is 0 Å². The van der Waals surface area contributed by atoms with E-state index < -0.39 is 17.8 Å². The third-order valence-corrected chi connectivity index (χ3v) is 8.64. The molecule has 0 aliphatic heterocycles. The predicted octanol–water partition coefficient (Wildman–Crippen LogP) is 5.80. The van der Waals surface area contributed by atoms with Gasteiger partial charge in [-0.15, -0.1) is 0 Å². The van der Waals surface area contributed by atoms with E-state index in [9.17, 15) is 24.6 Å². The van der Waals surface area contributed by atoms with Crippen molar-refractivity contribution >= 4 is 28.6 Å². The van der Waals surface area contributed by atoms with Gasteiger partial charge in [-0.25, -0.2) is 4.79 Å². The molecule has 4 aromatic carbocycles. The summed E-state index contributed by atoms with van der Waals surface area (Å²) in [7, 11) is 1.96. The molecule has 0 saturated heterocycles. The van der Waals surface area contributed by atoms with Crippen molar-refractivity contribution in [3.63, 3.8) is 0 Å². The van der Waals surface area contributed by atoms with Gasteiger partial charge in [0.25, 0.3) is 5.91 Å². The Balaban J connectivity index is 1.01. The van der Waals surface area contributed by atoms with Crippen LogP contribution >= 0.6 is 0 Å². The van der Waals surface area contributed by atoms with Crippen LogP contribution in [0, 0.1) is 0 Å². The number of pyridine rings is 1. The Kier molecular flexibility index (Phi) is 12.2. The lowest BCUT2D eigenvalue weighted by Gasteiger charge is -2.28. The molecule has 5 rings (SSSR count). The van der Waals surface area contributed by atoms with Crippen molar-refractivity contribution in [2.24, 2.45) is 0 Å². The maximum Gasteiger partial charge on any atom is 0.412 e. The average Bonchev–Trinajstić information content (AvgIpc) is 3.11. The molecule has 1 atom stereocenters. The molecule has 2 amide bonds. The number of phenols is 1. The fourth-order valence-corrected chi connectivity index (χ4v) is 5.72. The van der Waals surface area contributed by atoms with E-state index in [0.717, 1.165) is 16.7 Å². The molecule has 6 N–H and O–H groups in total. The lowest BCUT2D eigenvalue weighted by molar-refractivity contribution is 0.0358. The third kappa shape index (κ3) is 10.3. The Hall–Kier alpha value is -5.49. The van der Waals surface area contributed by atoms with E-state index in [1.54, 1.807) is 24.3 Å². The summed E-state index contributed by atoms with van der Waals surface area (Å²) < 4.78 is 5.79. The second-order valence-electron chi connectivity index (χ2n) is 13.1. The second-order valence-corrected chi connectivity index (χ2v) is 13.1. The third-order valence-electron chi connectivity index (χ3n) is 8.64. The number of aromatic hydroxyl groups is 1. The Morgan fingerprint density at radius 1 is 0.902 bits per heavy atom. The quantitative estimate of drug-likeness (QED) is 0.0805. The summed E-state index contributed by atoms with van der Waals surface area (Å²) >= 11 is 0. The standard InChI is InChI=1S/C40H45N5O6/c1-40(2,51-39(50)43-33-12-8-7-11-30(33)28-9-5-4-6-10-28)21-23-45(3)24-22-42-38(49)29-15-13-27(14-16-29)25-41-26-35(47)31-17-19-34(46)37-32(31)18-20-36(48)44-37/h4-20,35,41,46-47H,21-26H2,1-3H3,(H,42,49)(H,43,50)(H,44,48)/t35-/m1/s1. The minimum absolute atomic E-state index is 0.0578. The number of aliphatic hydroxyl groups excluding tert-OH is 1. The highest BCUT2D eigenvalue weighted by Gasteiger charge is 2.24. The van der Waals surface area contributed by atoms with E-state index in [1.807, 2.05) is 87.6 Å². The number of para-hydroxylation sites is 1. The van der Waals surface area contributed by atoms with Crippen molar-refractivity contribution < 1.29 is 24.5 Å². The summed E-state index contributed by atoms with van der Waals surface area (Å²) in [6.45, 7) is 6.22. The number of hydrogen-bond acceptors (Lipinski definition) is 8. The zero-order valence-corrected chi connectivity index (χ0v) is 29.1. The summed E-state index contributed by atoms with van der Waals surface area (Å²) in [5.74, 6) is -0.232. The molecule has 0 aliphatic rings. The van der Waals surface area contributed by atoms with Crippen LogP contribution in [0.25, 0.3) is 22.0 Å². The number of carbonyl (C=O) groups is 2. The van der Waals surface area contributed by atoms with E-state index in [2.05, 4.69) is 25.8 Å². The minimum atomic E-state index is -0.867. The topological polar surface area (TPSA) is 156 Å². The Labute approximate surface area is 297 Å². The predicted molar refractivity (Wildman–Crippen MR) is 200 cm³/mol. The van der Waals surface area contributed by atoms with Crippen molar-refractivity contribution in [1.29, 1.82) is 0 Å². The van der Waals surface area contributed by atoms with E-state index in [1.165, 1.54) is 12.1 Å². The SMILES string of the molecule is CN(CCNC(=O)c1ccc(CNC[C@@H](O)c2ccc(O)c3[nH]c(=O)ccc23)cc1)CCC(C)(C)OC(=O)Nc1ccccc1-c1ccccc1. The molecule has 0 aliphatic carbocycles. The van der Waals surface area contributed by atoms with Gasteiger partial charge >= 0.3 is 6.09 Å². The molecule has 0 fully saturated rings. The molecule has 5 aromatic rings. The second kappa shape index (κ2) is 16.9. The monoisotopic (exact) mass is 691 g/mol. The van der Waals surface area contributed by atoms with Crippen LogP contribution in [0.2, 0.25) is 0 Å². The van der Waals surface area contributed by atoms with Crippen LogP contribution in [0.5, 0.6) is 5.75 Å². The Morgan fingerprint density at radius 3 is 2.39 bits per heavy atom. The Bertz CT molecular complexity index is 2000. The summed E-state index contributed by atoms with van der Waals surface area (Å²) in [6, 6.07) is 30.8. The molecule has 1 heterocycles. The number of carbonyl (C=O) groups excluding carboxylic acids is 2. The number of likely N-dealkylation sites (N-methyl/N-ethyl adjacent to an activating group) is 1. The molecule has 0 saturated carbocycles. The van der Waals surface area contributed by atoms with Crippen molar-refractivity contribution in [2.75, 3.05) is 38.5 Å². The molecular weight excluding hydrogens is 646 g/mol. The maximum absolute atomic E-state index is 12.8. The number of aromatic nitrogens is 1. The van der Waals surface area contributed by atoms with Crippen LogP contribution in [0.4, 0.5) is 10.5 Å². The highest BCUT2D eigenvalue weighted by Crippen LogP contribution is 2.29. The summed E-state index contributed by atoms with van der Waals surface area (Å²) in [5.41, 5.74) is 3.92. The normalized spacial score (nSPS) is 12.1. The van der Waals surface area contributed by atoms with Crippen molar-refractivity contribution in [2.45, 2.75) is 38.5 Å². The van der Waals surface area contributed by atoms with Gasteiger partial charge in [-0.1, -0.05) is 66.7 Å². The molecule has 0 bridgehead atoms. The van der Waals surface area contributed by atoms with Gasteiger partial charge in [0.05, 0.1) is 17.3 Å². The molecule has 11 nitrogen and oxygen atoms in total. The highest BCUT2D eigenvalue weighted by molar-refractivity contribution is 5.94. The van der Waals surface area contributed by atoms with Gasteiger partial charge in [-0.05, 0) is 74.3 Å². The minimum Gasteiger partial charge on any atom is -0.506 e. The number of hydrogen-bond donors (Lipinski definition) is 6. The number of aromatic amines is 1. The molecule has 0 radical (unpaired) electrons. The fourth-order valence-electron chi connectivity index (χ4n) is 5.72. The molecule has 266 valence electrons. The fraction of sp³-hybridized carbons (Fsp3) is 0.275. The lowest BCUT2D eigenvalue weighted by atomic mass is 10.0. The number of benzene rings is 4. The van der Waals surface area contributed by atoms with Crippen LogP contribution in [0.3, 0.4) is 0 Å². The van der Waals surface area contributed by atoms with E-state index in [0.29, 0.717) is 54.8 Å². The first-order valence-electron chi connectivity index (χ1n) is 16.9. The first kappa shape index (κ1) is 36.8. The van der Waals surface area contributed by atoms with Crippen LogP contribution in [-0.2, 0) is 11.3 Å². The van der Waals surface area contributed by atoms with Crippen LogP contribution in [-0.4, -0.2) is 70.9 Å². The molecule has 0 spiro atoms. The molecule has 51 heavy (non-hydrogen) atoms. The van der Waals surface area contributed by atoms with E-state index in [4.69, 9.17) is 4.74 Å². The number of phenolic OH excluding ortho intramolecular Hbond substituents is 1. The maximum atomic E-state index is 12.8. The van der Waals surface area contributed by atoms with Gasteiger partial charge in [-0.2, -0.15) is 0 Å². The summed E-state index contributed by atoms with van der Waals surface area (Å²) in [4.78, 5) is 41.9. The molecule has 0 unspecified atom stereocenters. The number of aliphatic hydroxyl groups is 1. The first-order chi connectivity index (χ1) is 24.5.